The largest absolute Gasteiger partial charge is 0.395 e. The minimum Gasteiger partial charge on any atom is -0.378 e. The topological polar surface area (TPSA) is 71.0 Å². The summed E-state index contributed by atoms with van der Waals surface area (Å²) in [5, 5.41) is 17.0. The number of nitrogens with two attached hydrogens (primary N) is 1. The molecule has 2 aliphatic rings. The molecule has 0 fully saturated rings. The molecule has 4 nitrogen and oxygen atoms in total. The number of aliphatic hydroxyl groups excluding tert-OH is 1. The minimum absolute atomic E-state index is 0.0947. The first-order chi connectivity index (χ1) is 9.29. The van der Waals surface area contributed by atoms with Gasteiger partial charge in [-0.2, -0.15) is 18.3 Å². The lowest BCUT2D eigenvalue weighted by Gasteiger charge is -2.24. The summed E-state index contributed by atoms with van der Waals surface area (Å²) in [6.07, 6.45) is -1.39. The van der Waals surface area contributed by atoms with Crippen molar-refractivity contribution in [2.75, 3.05) is 0 Å². The Balaban J connectivity index is 2.12. The van der Waals surface area contributed by atoms with Crippen LogP contribution >= 0.6 is 11.6 Å². The molecule has 0 aromatic carbocycles. The second-order valence-corrected chi connectivity index (χ2v) is 5.06. The Hall–Kier alpha value is -1.18. The highest BCUT2D eigenvalue weighted by molar-refractivity contribution is 6.66. The molecule has 2 rings (SSSR count). The molecule has 0 saturated carbocycles. The summed E-state index contributed by atoms with van der Waals surface area (Å²) in [4.78, 5) is 0. The van der Waals surface area contributed by atoms with Gasteiger partial charge in [-0.25, -0.2) is 0 Å². The molecule has 0 amide bonds. The van der Waals surface area contributed by atoms with E-state index in [2.05, 4.69) is 10.2 Å². The minimum atomic E-state index is -4.25. The van der Waals surface area contributed by atoms with Gasteiger partial charge < -0.3 is 10.8 Å². The normalized spacial score (nSPS) is 28.6. The summed E-state index contributed by atoms with van der Waals surface area (Å²) in [5.41, 5.74) is 6.41. The van der Waals surface area contributed by atoms with Crippen LogP contribution in [0.15, 0.2) is 34.0 Å². The van der Waals surface area contributed by atoms with Gasteiger partial charge in [0.25, 0.3) is 0 Å². The number of rotatable bonds is 2. The summed E-state index contributed by atoms with van der Waals surface area (Å²) in [5.74, 6) is -2.06. The number of halogens is 4. The van der Waals surface area contributed by atoms with Gasteiger partial charge in [0.05, 0.1) is 17.5 Å². The van der Waals surface area contributed by atoms with Gasteiger partial charge in [0, 0.05) is 6.42 Å². The number of nitrogens with zero attached hydrogens (tertiary/aromatic N) is 2. The van der Waals surface area contributed by atoms with Crippen molar-refractivity contribution in [1.82, 2.24) is 0 Å². The first-order valence-electron chi connectivity index (χ1n) is 5.98. The van der Waals surface area contributed by atoms with E-state index >= 15 is 0 Å². The summed E-state index contributed by atoms with van der Waals surface area (Å²) in [6.45, 7) is 0. The van der Waals surface area contributed by atoms with Crippen LogP contribution < -0.4 is 5.73 Å². The van der Waals surface area contributed by atoms with Crippen LogP contribution in [0.25, 0.3) is 0 Å². The molecule has 3 N–H and O–H groups in total. The molecule has 110 valence electrons. The number of aliphatic hydroxyl groups is 1. The predicted molar refractivity (Wildman–Crippen MR) is 70.4 cm³/mol. The van der Waals surface area contributed by atoms with E-state index in [-0.39, 0.29) is 18.0 Å². The van der Waals surface area contributed by atoms with Gasteiger partial charge in [-0.15, -0.1) is 5.10 Å². The van der Waals surface area contributed by atoms with Gasteiger partial charge >= 0.3 is 6.18 Å². The number of alkyl halides is 3. The molecule has 0 radical (unpaired) electrons. The lowest BCUT2D eigenvalue weighted by atomic mass is 9.90. The number of allylic oxidation sites excluding steroid dienone is 4. The maximum Gasteiger partial charge on any atom is 0.395 e. The summed E-state index contributed by atoms with van der Waals surface area (Å²) in [6, 6.07) is 0. The molecule has 1 aliphatic carbocycles. The Bertz CT molecular complexity index is 509. The molecule has 3 unspecified atom stereocenters. The zero-order valence-corrected chi connectivity index (χ0v) is 11.1. The van der Waals surface area contributed by atoms with Gasteiger partial charge in [-0.3, -0.25) is 0 Å². The van der Waals surface area contributed by atoms with Gasteiger partial charge in [-0.05, 0) is 12.0 Å². The van der Waals surface area contributed by atoms with E-state index in [4.69, 9.17) is 17.3 Å². The van der Waals surface area contributed by atoms with Gasteiger partial charge in [0.15, 0.2) is 0 Å². The Morgan fingerprint density at radius 3 is 2.60 bits per heavy atom. The highest BCUT2D eigenvalue weighted by Gasteiger charge is 2.38. The quantitative estimate of drug-likeness (QED) is 0.769. The van der Waals surface area contributed by atoms with Crippen molar-refractivity contribution in [2.24, 2.45) is 27.8 Å². The van der Waals surface area contributed by atoms with Crippen molar-refractivity contribution in [2.45, 2.75) is 25.2 Å². The third-order valence-corrected chi connectivity index (χ3v) is 3.61. The van der Waals surface area contributed by atoms with E-state index in [1.165, 1.54) is 12.2 Å². The summed E-state index contributed by atoms with van der Waals surface area (Å²) in [7, 11) is 0. The zero-order chi connectivity index (χ0) is 14.9. The molecule has 1 heterocycles. The molecule has 0 bridgehead atoms. The van der Waals surface area contributed by atoms with Crippen molar-refractivity contribution in [3.05, 3.63) is 23.8 Å². The van der Waals surface area contributed by atoms with Crippen LogP contribution in [0.3, 0.4) is 0 Å². The van der Waals surface area contributed by atoms with Crippen molar-refractivity contribution in [1.29, 1.82) is 0 Å². The fraction of sp³-hybridized carbons (Fsp3) is 0.500. The van der Waals surface area contributed by atoms with E-state index in [0.717, 1.165) is 6.08 Å². The molecule has 0 aromatic heterocycles. The van der Waals surface area contributed by atoms with Gasteiger partial charge in [0.2, 0.25) is 0 Å². The van der Waals surface area contributed by atoms with Crippen LogP contribution in [-0.4, -0.2) is 28.4 Å². The lowest BCUT2D eigenvalue weighted by molar-refractivity contribution is -0.160. The van der Waals surface area contributed by atoms with E-state index in [9.17, 15) is 18.3 Å². The Morgan fingerprint density at radius 2 is 2.10 bits per heavy atom. The van der Waals surface area contributed by atoms with Crippen LogP contribution in [-0.2, 0) is 0 Å². The molecular formula is C12H13ClF3N3O. The smallest absolute Gasteiger partial charge is 0.378 e. The SMILES string of the molecule is NC(O)C1CC(C2=CCC(C(F)(F)F)C=C2)=NN=C1Cl. The number of hydrogen-bond donors (Lipinski definition) is 2. The van der Waals surface area contributed by atoms with Crippen LogP contribution in [0.2, 0.25) is 0 Å². The van der Waals surface area contributed by atoms with E-state index in [0.29, 0.717) is 11.3 Å². The molecule has 8 heteroatoms. The van der Waals surface area contributed by atoms with Crippen LogP contribution in [0.5, 0.6) is 0 Å². The van der Waals surface area contributed by atoms with Crippen LogP contribution in [0, 0.1) is 11.8 Å². The van der Waals surface area contributed by atoms with Crippen LogP contribution in [0.1, 0.15) is 12.8 Å². The van der Waals surface area contributed by atoms with Gasteiger partial charge in [0.1, 0.15) is 11.4 Å². The Morgan fingerprint density at radius 1 is 1.40 bits per heavy atom. The van der Waals surface area contributed by atoms with Crippen LogP contribution in [0.4, 0.5) is 13.2 Å². The standard InChI is InChI=1S/C12H13ClF3N3O/c13-10-8(11(17)20)5-9(18-19-10)6-1-3-7(4-2-6)12(14,15)16/h1-3,7-8,11,20H,4-5,17H2. The maximum atomic E-state index is 12.5. The molecular weight excluding hydrogens is 295 g/mol. The first kappa shape index (κ1) is 15.2. The number of hydrogen-bond acceptors (Lipinski definition) is 4. The monoisotopic (exact) mass is 307 g/mol. The van der Waals surface area contributed by atoms with Crippen molar-refractivity contribution >= 4 is 22.5 Å². The molecule has 0 spiro atoms. The molecule has 1 aliphatic heterocycles. The average molecular weight is 308 g/mol. The highest BCUT2D eigenvalue weighted by Crippen LogP contribution is 2.34. The van der Waals surface area contributed by atoms with E-state index < -0.39 is 24.2 Å². The Labute approximate surface area is 118 Å². The summed E-state index contributed by atoms with van der Waals surface area (Å²) < 4.78 is 37.6. The summed E-state index contributed by atoms with van der Waals surface area (Å²) >= 11 is 5.78. The predicted octanol–water partition coefficient (Wildman–Crippen LogP) is 2.34. The van der Waals surface area contributed by atoms with Crippen molar-refractivity contribution in [3.8, 4) is 0 Å². The fourth-order valence-corrected chi connectivity index (χ4v) is 2.27. The van der Waals surface area contributed by atoms with Crippen molar-refractivity contribution in [3.63, 3.8) is 0 Å². The highest BCUT2D eigenvalue weighted by atomic mass is 35.5. The second-order valence-electron chi connectivity index (χ2n) is 4.67. The molecule has 20 heavy (non-hydrogen) atoms. The van der Waals surface area contributed by atoms with Gasteiger partial charge in [-0.1, -0.05) is 29.8 Å². The third kappa shape index (κ3) is 3.28. The first-order valence-corrected chi connectivity index (χ1v) is 6.36. The van der Waals surface area contributed by atoms with E-state index in [1.54, 1.807) is 0 Å². The molecule has 3 atom stereocenters. The van der Waals surface area contributed by atoms with Crippen molar-refractivity contribution < 1.29 is 18.3 Å². The fourth-order valence-electron chi connectivity index (χ4n) is 2.03. The lowest BCUT2D eigenvalue weighted by Crippen LogP contribution is -2.36. The van der Waals surface area contributed by atoms with E-state index in [1.807, 2.05) is 0 Å². The maximum absolute atomic E-state index is 12.5. The average Bonchev–Trinajstić information content (AvgIpc) is 2.38. The second kappa shape index (κ2) is 5.67. The molecule has 0 saturated heterocycles. The molecule has 0 aromatic rings. The zero-order valence-electron chi connectivity index (χ0n) is 10.3. The Kier molecular flexibility index (Phi) is 4.31. The third-order valence-electron chi connectivity index (χ3n) is 3.25.